The number of rotatable bonds is 3. The third kappa shape index (κ3) is 1.96. The molecular formula is C9H12N2O2. The van der Waals surface area contributed by atoms with Gasteiger partial charge in [0.15, 0.2) is 0 Å². The Kier molecular flexibility index (Phi) is 2.84. The Hall–Kier alpha value is -1.58. The van der Waals surface area contributed by atoms with E-state index in [-0.39, 0.29) is 0 Å². The summed E-state index contributed by atoms with van der Waals surface area (Å²) in [5.74, 6) is 0.486. The number of aromatic nitrogens is 2. The van der Waals surface area contributed by atoms with Gasteiger partial charge in [-0.05, 0) is 12.5 Å². The number of hydrogen-bond acceptors (Lipinski definition) is 4. The lowest BCUT2D eigenvalue weighted by molar-refractivity contribution is 0.351. The molecule has 0 aliphatic heterocycles. The fourth-order valence-corrected chi connectivity index (χ4v) is 0.898. The first kappa shape index (κ1) is 9.51. The third-order valence-corrected chi connectivity index (χ3v) is 1.57. The highest BCUT2D eigenvalue weighted by atomic mass is 16.5. The first-order valence-electron chi connectivity index (χ1n) is 3.80. The lowest BCUT2D eigenvalue weighted by Gasteiger charge is -2.06. The smallest absolute Gasteiger partial charge is 0.319 e. The molecule has 1 rings (SSSR count). The van der Waals surface area contributed by atoms with Gasteiger partial charge in [-0.3, -0.25) is 0 Å². The molecule has 0 fully saturated rings. The van der Waals surface area contributed by atoms with E-state index < -0.39 is 0 Å². The molecule has 0 spiro atoms. The maximum absolute atomic E-state index is 5.06. The number of ether oxygens (including phenoxy) is 2. The molecule has 0 amide bonds. The Morgan fingerprint density at radius 1 is 1.38 bits per heavy atom. The number of methoxy groups -OCH3 is 2. The van der Waals surface area contributed by atoms with Crippen LogP contribution in [0.15, 0.2) is 12.8 Å². The fraction of sp³-hybridized carbons (Fsp3) is 0.333. The van der Waals surface area contributed by atoms with Crippen LogP contribution in [0.3, 0.4) is 0 Å². The average molecular weight is 180 g/mol. The molecule has 1 aromatic heterocycles. The molecule has 4 nitrogen and oxygen atoms in total. The summed E-state index contributed by atoms with van der Waals surface area (Å²) in [5.41, 5.74) is 1.66. The molecule has 1 aromatic rings. The quantitative estimate of drug-likeness (QED) is 0.707. The first-order chi connectivity index (χ1) is 6.19. The van der Waals surface area contributed by atoms with E-state index in [0.29, 0.717) is 11.9 Å². The van der Waals surface area contributed by atoms with Crippen molar-refractivity contribution >= 4 is 5.57 Å². The van der Waals surface area contributed by atoms with Crippen molar-refractivity contribution in [2.45, 2.75) is 6.92 Å². The van der Waals surface area contributed by atoms with Gasteiger partial charge in [0.1, 0.15) is 0 Å². The standard InChI is InChI=1S/C9H12N2O2/c1-6(2)7-5-10-9(13-4)11-8(7)12-3/h5H,1H2,2-4H3. The van der Waals surface area contributed by atoms with Crippen molar-refractivity contribution in [1.29, 1.82) is 0 Å². The fourth-order valence-electron chi connectivity index (χ4n) is 0.898. The van der Waals surface area contributed by atoms with Crippen LogP contribution in [-0.2, 0) is 0 Å². The highest BCUT2D eigenvalue weighted by molar-refractivity contribution is 5.64. The van der Waals surface area contributed by atoms with Crippen LogP contribution in [0, 0.1) is 0 Å². The summed E-state index contributed by atoms with van der Waals surface area (Å²) in [4.78, 5) is 7.97. The van der Waals surface area contributed by atoms with Gasteiger partial charge in [-0.1, -0.05) is 6.58 Å². The minimum Gasteiger partial charge on any atom is -0.480 e. The van der Waals surface area contributed by atoms with E-state index >= 15 is 0 Å². The predicted octanol–water partition coefficient (Wildman–Crippen LogP) is 1.53. The van der Waals surface area contributed by atoms with E-state index in [0.717, 1.165) is 11.1 Å². The molecule has 0 saturated heterocycles. The van der Waals surface area contributed by atoms with Crippen LogP contribution in [0.2, 0.25) is 0 Å². The minimum atomic E-state index is 0.293. The van der Waals surface area contributed by atoms with Gasteiger partial charge in [0.2, 0.25) is 5.88 Å². The van der Waals surface area contributed by atoms with Gasteiger partial charge in [-0.25, -0.2) is 4.98 Å². The monoisotopic (exact) mass is 180 g/mol. The van der Waals surface area contributed by atoms with Crippen molar-refractivity contribution in [3.63, 3.8) is 0 Å². The molecule has 13 heavy (non-hydrogen) atoms. The molecule has 1 heterocycles. The van der Waals surface area contributed by atoms with Crippen LogP contribution in [0.25, 0.3) is 5.57 Å². The molecule has 0 saturated carbocycles. The minimum absolute atomic E-state index is 0.293. The maximum Gasteiger partial charge on any atom is 0.319 e. The summed E-state index contributed by atoms with van der Waals surface area (Å²) in [6.07, 6.45) is 1.63. The predicted molar refractivity (Wildman–Crippen MR) is 49.8 cm³/mol. The summed E-state index contributed by atoms with van der Waals surface area (Å²) in [6.45, 7) is 5.66. The second-order valence-electron chi connectivity index (χ2n) is 2.56. The van der Waals surface area contributed by atoms with E-state index in [1.807, 2.05) is 6.92 Å². The average Bonchev–Trinajstić information content (AvgIpc) is 2.16. The summed E-state index contributed by atoms with van der Waals surface area (Å²) in [6, 6.07) is 0.293. The van der Waals surface area contributed by atoms with Gasteiger partial charge in [0.25, 0.3) is 0 Å². The highest BCUT2D eigenvalue weighted by Gasteiger charge is 2.07. The number of nitrogens with zero attached hydrogens (tertiary/aromatic N) is 2. The molecule has 70 valence electrons. The molecule has 0 bridgehead atoms. The zero-order chi connectivity index (χ0) is 9.84. The van der Waals surface area contributed by atoms with Crippen LogP contribution in [0.5, 0.6) is 11.9 Å². The molecule has 4 heteroatoms. The Morgan fingerprint density at radius 3 is 2.54 bits per heavy atom. The zero-order valence-corrected chi connectivity index (χ0v) is 8.00. The SMILES string of the molecule is C=C(C)c1cnc(OC)nc1OC. The second-order valence-corrected chi connectivity index (χ2v) is 2.56. The van der Waals surface area contributed by atoms with Gasteiger partial charge in [-0.15, -0.1) is 0 Å². The van der Waals surface area contributed by atoms with E-state index in [9.17, 15) is 0 Å². The Labute approximate surface area is 77.2 Å². The van der Waals surface area contributed by atoms with Gasteiger partial charge in [0, 0.05) is 6.20 Å². The van der Waals surface area contributed by atoms with Gasteiger partial charge in [0.05, 0.1) is 19.8 Å². The summed E-state index contributed by atoms with van der Waals surface area (Å²) >= 11 is 0. The third-order valence-electron chi connectivity index (χ3n) is 1.57. The van der Waals surface area contributed by atoms with Crippen LogP contribution in [0.1, 0.15) is 12.5 Å². The van der Waals surface area contributed by atoms with Crippen LogP contribution in [-0.4, -0.2) is 24.2 Å². The van der Waals surface area contributed by atoms with Gasteiger partial charge in [-0.2, -0.15) is 4.98 Å². The Balaban J connectivity index is 3.15. The summed E-state index contributed by atoms with van der Waals surface area (Å²) in [5, 5.41) is 0. The topological polar surface area (TPSA) is 44.2 Å². The van der Waals surface area contributed by atoms with E-state index in [1.165, 1.54) is 7.11 Å². The lowest BCUT2D eigenvalue weighted by Crippen LogP contribution is -1.98. The Morgan fingerprint density at radius 2 is 2.08 bits per heavy atom. The van der Waals surface area contributed by atoms with Crippen molar-refractivity contribution in [1.82, 2.24) is 9.97 Å². The summed E-state index contributed by atoms with van der Waals surface area (Å²) in [7, 11) is 3.06. The molecule has 0 aliphatic carbocycles. The number of allylic oxidation sites excluding steroid dienone is 1. The molecule has 0 aromatic carbocycles. The first-order valence-corrected chi connectivity index (χ1v) is 3.80. The van der Waals surface area contributed by atoms with Gasteiger partial charge >= 0.3 is 6.01 Å². The van der Waals surface area contributed by atoms with Crippen molar-refractivity contribution in [2.24, 2.45) is 0 Å². The van der Waals surface area contributed by atoms with E-state index in [1.54, 1.807) is 13.3 Å². The van der Waals surface area contributed by atoms with Crippen molar-refractivity contribution in [3.05, 3.63) is 18.3 Å². The maximum atomic E-state index is 5.06. The molecule has 0 aliphatic rings. The molecule has 0 atom stereocenters. The Bertz CT molecular complexity index is 323. The van der Waals surface area contributed by atoms with Crippen LogP contribution in [0.4, 0.5) is 0 Å². The normalized spacial score (nSPS) is 9.46. The molecule has 0 unspecified atom stereocenters. The van der Waals surface area contributed by atoms with Gasteiger partial charge < -0.3 is 9.47 Å². The van der Waals surface area contributed by atoms with Crippen molar-refractivity contribution in [2.75, 3.05) is 14.2 Å². The lowest BCUT2D eigenvalue weighted by atomic mass is 10.2. The highest BCUT2D eigenvalue weighted by Crippen LogP contribution is 2.22. The number of hydrogen-bond donors (Lipinski definition) is 0. The largest absolute Gasteiger partial charge is 0.480 e. The van der Waals surface area contributed by atoms with E-state index in [2.05, 4.69) is 16.5 Å². The van der Waals surface area contributed by atoms with E-state index in [4.69, 9.17) is 9.47 Å². The molecule has 0 radical (unpaired) electrons. The molecule has 0 N–H and O–H groups in total. The second kappa shape index (κ2) is 3.89. The summed E-state index contributed by atoms with van der Waals surface area (Å²) < 4.78 is 9.92. The zero-order valence-electron chi connectivity index (χ0n) is 8.00. The van der Waals surface area contributed by atoms with Crippen LogP contribution >= 0.6 is 0 Å². The van der Waals surface area contributed by atoms with Crippen molar-refractivity contribution < 1.29 is 9.47 Å². The van der Waals surface area contributed by atoms with Crippen LogP contribution < -0.4 is 9.47 Å². The molecular weight excluding hydrogens is 168 g/mol. The van der Waals surface area contributed by atoms with Crippen molar-refractivity contribution in [3.8, 4) is 11.9 Å².